The van der Waals surface area contributed by atoms with E-state index in [9.17, 15) is 14.4 Å². The summed E-state index contributed by atoms with van der Waals surface area (Å²) in [7, 11) is 0. The van der Waals surface area contributed by atoms with E-state index in [-0.39, 0.29) is 40.7 Å². The lowest BCUT2D eigenvalue weighted by molar-refractivity contribution is -0.170. The van der Waals surface area contributed by atoms with Gasteiger partial charge in [-0.1, -0.05) is 6.92 Å². The number of carbonyl (C=O) groups excluding carboxylic acids is 3. The van der Waals surface area contributed by atoms with Gasteiger partial charge in [0.2, 0.25) is 6.17 Å². The maximum absolute atomic E-state index is 13.2. The molecule has 3 saturated carbocycles. The standard InChI is InChI=1S/C21H24N2O4/c1-19-7-6-15-20-8-5-12(24)10-11(20)4-9-21(15,27-18(20)26)14(19)3-2-13(19)16(25)17-22-23-17/h10,13-15,17H,2-9H2,1H3/t13-,14-,15-,19+,20-,21-/m0/s1. The molecule has 2 heterocycles. The zero-order valence-corrected chi connectivity index (χ0v) is 15.6. The molecular weight excluding hydrogens is 344 g/mol. The molecule has 4 fully saturated rings. The first-order chi connectivity index (χ1) is 12.9. The number of hydrogen-bond donors (Lipinski definition) is 0. The Kier molecular flexibility index (Phi) is 2.84. The van der Waals surface area contributed by atoms with Crippen molar-refractivity contribution in [1.29, 1.82) is 0 Å². The zero-order valence-electron chi connectivity index (χ0n) is 15.6. The summed E-state index contributed by atoms with van der Waals surface area (Å²) in [4.78, 5) is 38.0. The lowest BCUT2D eigenvalue weighted by Gasteiger charge is -2.56. The molecule has 6 aliphatic rings. The van der Waals surface area contributed by atoms with Crippen molar-refractivity contribution in [2.75, 3.05) is 0 Å². The number of hydrogen-bond acceptors (Lipinski definition) is 6. The second-order valence-corrected chi connectivity index (χ2v) is 9.74. The van der Waals surface area contributed by atoms with Gasteiger partial charge in [0.05, 0.1) is 5.41 Å². The van der Waals surface area contributed by atoms with Crippen molar-refractivity contribution in [3.05, 3.63) is 11.6 Å². The molecule has 1 saturated heterocycles. The fourth-order valence-electron chi connectivity index (χ4n) is 7.87. The molecule has 0 aromatic heterocycles. The van der Waals surface area contributed by atoms with Crippen LogP contribution in [0.1, 0.15) is 58.3 Å². The van der Waals surface area contributed by atoms with Gasteiger partial charge in [0.1, 0.15) is 5.60 Å². The average molecular weight is 368 g/mol. The van der Waals surface area contributed by atoms with Crippen LogP contribution in [0.25, 0.3) is 0 Å². The first-order valence-corrected chi connectivity index (χ1v) is 10.3. The van der Waals surface area contributed by atoms with E-state index in [2.05, 4.69) is 17.2 Å². The van der Waals surface area contributed by atoms with Crippen LogP contribution in [0.2, 0.25) is 0 Å². The molecule has 6 rings (SSSR count). The first-order valence-electron chi connectivity index (χ1n) is 10.3. The molecule has 4 aliphatic carbocycles. The van der Waals surface area contributed by atoms with E-state index in [1.54, 1.807) is 6.08 Å². The molecule has 0 aromatic carbocycles. The summed E-state index contributed by atoms with van der Waals surface area (Å²) in [6.07, 6.45) is 7.52. The molecule has 6 nitrogen and oxygen atoms in total. The highest BCUT2D eigenvalue weighted by molar-refractivity contribution is 5.96. The zero-order chi connectivity index (χ0) is 18.6. The highest BCUT2D eigenvalue weighted by Crippen LogP contribution is 2.73. The molecular formula is C21H24N2O4. The molecule has 142 valence electrons. The highest BCUT2D eigenvalue weighted by atomic mass is 16.6. The second kappa shape index (κ2) is 4.76. The third kappa shape index (κ3) is 1.71. The fraction of sp³-hybridized carbons (Fsp3) is 0.762. The van der Waals surface area contributed by atoms with Crippen LogP contribution in [-0.2, 0) is 19.1 Å². The van der Waals surface area contributed by atoms with Gasteiger partial charge in [0.15, 0.2) is 11.6 Å². The lowest BCUT2D eigenvalue weighted by Crippen LogP contribution is -2.59. The van der Waals surface area contributed by atoms with Gasteiger partial charge in [0, 0.05) is 24.2 Å². The molecule has 6 atom stereocenters. The smallest absolute Gasteiger partial charge is 0.317 e. The lowest BCUT2D eigenvalue weighted by atomic mass is 9.46. The number of rotatable bonds is 2. The Bertz CT molecular complexity index is 856. The van der Waals surface area contributed by atoms with E-state index in [1.165, 1.54) is 0 Å². The molecule has 0 N–H and O–H groups in total. The molecule has 2 aliphatic heterocycles. The summed E-state index contributed by atoms with van der Waals surface area (Å²) in [6, 6.07) is 0. The Morgan fingerprint density at radius 1 is 1.07 bits per heavy atom. The molecule has 1 spiro atoms. The van der Waals surface area contributed by atoms with Gasteiger partial charge in [-0.3, -0.25) is 14.4 Å². The van der Waals surface area contributed by atoms with Crippen molar-refractivity contribution < 1.29 is 19.1 Å². The van der Waals surface area contributed by atoms with Crippen molar-refractivity contribution in [1.82, 2.24) is 0 Å². The SMILES string of the molecule is C[C@]12CC[C@H]3[C@]45CCC(=O)C=C4CC[C@]3(OC5=O)[C@H]1CC[C@H]2C(=O)C1N=N1. The van der Waals surface area contributed by atoms with Crippen LogP contribution in [0.5, 0.6) is 0 Å². The Hall–Kier alpha value is -1.85. The van der Waals surface area contributed by atoms with Gasteiger partial charge in [-0.15, -0.1) is 0 Å². The van der Waals surface area contributed by atoms with Gasteiger partial charge >= 0.3 is 5.97 Å². The van der Waals surface area contributed by atoms with Crippen LogP contribution < -0.4 is 0 Å². The number of nitrogens with zero attached hydrogens (tertiary/aromatic N) is 2. The number of Topliss-reactive ketones (excluding diaryl/α,β-unsaturated/α-hetero) is 1. The molecule has 27 heavy (non-hydrogen) atoms. The average Bonchev–Trinajstić information content (AvgIpc) is 3.39. The maximum atomic E-state index is 13.2. The number of carbonyl (C=O) groups is 3. The van der Waals surface area contributed by atoms with Crippen LogP contribution in [-0.4, -0.2) is 29.3 Å². The second-order valence-electron chi connectivity index (χ2n) is 9.74. The number of ether oxygens (including phenoxy) is 1. The van der Waals surface area contributed by atoms with Crippen LogP contribution in [0.3, 0.4) is 0 Å². The number of esters is 1. The van der Waals surface area contributed by atoms with Crippen LogP contribution in [0.4, 0.5) is 0 Å². The summed E-state index contributed by atoms with van der Waals surface area (Å²) in [5.41, 5.74) is -0.142. The maximum Gasteiger partial charge on any atom is 0.317 e. The third-order valence-electron chi connectivity index (χ3n) is 9.02. The first kappa shape index (κ1) is 16.1. The quantitative estimate of drug-likeness (QED) is 0.701. The Morgan fingerprint density at radius 2 is 1.89 bits per heavy atom. The van der Waals surface area contributed by atoms with Crippen molar-refractivity contribution >= 4 is 17.5 Å². The summed E-state index contributed by atoms with van der Waals surface area (Å²) in [5.74, 6) is 0.556. The third-order valence-corrected chi connectivity index (χ3v) is 9.02. The monoisotopic (exact) mass is 368 g/mol. The van der Waals surface area contributed by atoms with Crippen LogP contribution >= 0.6 is 0 Å². The van der Waals surface area contributed by atoms with Gasteiger partial charge < -0.3 is 4.74 Å². The molecule has 0 unspecified atom stereocenters. The van der Waals surface area contributed by atoms with E-state index in [0.29, 0.717) is 12.8 Å². The van der Waals surface area contributed by atoms with Crippen LogP contribution in [0.15, 0.2) is 21.9 Å². The predicted molar refractivity (Wildman–Crippen MR) is 93.5 cm³/mol. The van der Waals surface area contributed by atoms with E-state index in [0.717, 1.165) is 44.1 Å². The van der Waals surface area contributed by atoms with Gasteiger partial charge in [-0.25, -0.2) is 0 Å². The summed E-state index contributed by atoms with van der Waals surface area (Å²) in [6.45, 7) is 2.23. The van der Waals surface area contributed by atoms with Crippen molar-refractivity contribution in [2.45, 2.75) is 70.1 Å². The topological polar surface area (TPSA) is 85.2 Å². The summed E-state index contributed by atoms with van der Waals surface area (Å²) >= 11 is 0. The predicted octanol–water partition coefficient (Wildman–Crippen LogP) is 3.16. The Morgan fingerprint density at radius 3 is 2.67 bits per heavy atom. The molecule has 6 heteroatoms. The number of ketones is 2. The number of fused-ring (bicyclic) bond motifs is 1. The summed E-state index contributed by atoms with van der Waals surface area (Å²) in [5, 5.41) is 7.73. The van der Waals surface area contributed by atoms with E-state index in [4.69, 9.17) is 4.74 Å². The van der Waals surface area contributed by atoms with Crippen LogP contribution in [0, 0.1) is 28.6 Å². The minimum Gasteiger partial charge on any atom is -0.458 e. The van der Waals surface area contributed by atoms with Gasteiger partial charge in [-0.2, -0.15) is 10.2 Å². The van der Waals surface area contributed by atoms with Gasteiger partial charge in [0.25, 0.3) is 0 Å². The van der Waals surface area contributed by atoms with E-state index < -0.39 is 17.2 Å². The normalized spacial score (nSPS) is 49.8. The van der Waals surface area contributed by atoms with Crippen molar-refractivity contribution in [3.63, 3.8) is 0 Å². The molecule has 2 bridgehead atoms. The Balaban J connectivity index is 1.43. The minimum atomic E-state index is -0.573. The fourth-order valence-corrected chi connectivity index (χ4v) is 7.87. The molecule has 0 radical (unpaired) electrons. The largest absolute Gasteiger partial charge is 0.458 e. The van der Waals surface area contributed by atoms with Gasteiger partial charge in [-0.05, 0) is 62.0 Å². The Labute approximate surface area is 157 Å². The van der Waals surface area contributed by atoms with Crippen molar-refractivity contribution in [3.8, 4) is 0 Å². The van der Waals surface area contributed by atoms with Crippen molar-refractivity contribution in [2.24, 2.45) is 38.8 Å². The molecule has 0 amide bonds. The van der Waals surface area contributed by atoms with E-state index in [1.807, 2.05) is 0 Å². The summed E-state index contributed by atoms with van der Waals surface area (Å²) < 4.78 is 6.31. The molecule has 0 aromatic rings. The van der Waals surface area contributed by atoms with E-state index >= 15 is 0 Å². The highest BCUT2D eigenvalue weighted by Gasteiger charge is 2.76. The minimum absolute atomic E-state index is 0.0297.